The van der Waals surface area contributed by atoms with Gasteiger partial charge in [0.1, 0.15) is 12.7 Å². The minimum Gasteiger partial charge on any atom is -0.394 e. The molecule has 2 N–H and O–H groups in total. The maximum Gasteiger partial charge on any atom is 0.251 e. The lowest BCUT2D eigenvalue weighted by atomic mass is 10.1. The van der Waals surface area contributed by atoms with E-state index in [1.807, 2.05) is 19.1 Å². The van der Waals surface area contributed by atoms with E-state index in [-0.39, 0.29) is 12.5 Å². The molecule has 1 heterocycles. The van der Waals surface area contributed by atoms with E-state index in [1.165, 1.54) is 6.33 Å². The number of nitrogens with zero attached hydrogens (tertiary/aromatic N) is 3. The molecule has 0 aliphatic heterocycles. The van der Waals surface area contributed by atoms with Crippen LogP contribution in [0.2, 0.25) is 0 Å². The minimum atomic E-state index is -0.393. The highest BCUT2D eigenvalue weighted by molar-refractivity contribution is 5.95. The summed E-state index contributed by atoms with van der Waals surface area (Å²) in [6.45, 7) is 1.92. The number of carbonyl (C=O) groups excluding carboxylic acids is 1. The number of rotatable bonds is 4. The van der Waals surface area contributed by atoms with Crippen molar-refractivity contribution in [3.63, 3.8) is 0 Å². The lowest BCUT2D eigenvalue weighted by Crippen LogP contribution is -2.39. The Hall–Kier alpha value is -2.21. The molecule has 0 bridgehead atoms. The molecule has 3 rings (SSSR count). The summed E-state index contributed by atoms with van der Waals surface area (Å²) in [6, 6.07) is 5.42. The summed E-state index contributed by atoms with van der Waals surface area (Å²) >= 11 is 0. The number of aliphatic hydroxyl groups is 1. The first-order chi connectivity index (χ1) is 9.63. The largest absolute Gasteiger partial charge is 0.394 e. The molecule has 1 saturated carbocycles. The topological polar surface area (TPSA) is 80.0 Å². The molecular weight excluding hydrogens is 256 g/mol. The van der Waals surface area contributed by atoms with Crippen LogP contribution >= 0.6 is 0 Å². The lowest BCUT2D eigenvalue weighted by Gasteiger charge is -2.15. The summed E-state index contributed by atoms with van der Waals surface area (Å²) in [5, 5.41) is 16.2. The summed E-state index contributed by atoms with van der Waals surface area (Å²) in [5.41, 5.74) is 2.03. The van der Waals surface area contributed by atoms with Crippen LogP contribution in [0.15, 0.2) is 30.9 Å². The third kappa shape index (κ3) is 2.30. The minimum absolute atomic E-state index is 0.00520. The van der Waals surface area contributed by atoms with Crippen molar-refractivity contribution in [3.05, 3.63) is 42.0 Å². The van der Waals surface area contributed by atoms with Crippen molar-refractivity contribution in [2.75, 3.05) is 6.61 Å². The summed E-state index contributed by atoms with van der Waals surface area (Å²) < 4.78 is 1.66. The van der Waals surface area contributed by atoms with Crippen LogP contribution in [-0.2, 0) is 0 Å². The third-order valence-electron chi connectivity index (χ3n) is 3.66. The Kier molecular flexibility index (Phi) is 3.02. The maximum absolute atomic E-state index is 12.2. The maximum atomic E-state index is 12.2. The molecule has 0 radical (unpaired) electrons. The van der Waals surface area contributed by atoms with Gasteiger partial charge in [0.15, 0.2) is 0 Å². The van der Waals surface area contributed by atoms with Crippen molar-refractivity contribution in [1.82, 2.24) is 20.1 Å². The standard InChI is InChI=1S/C14H16N4O2/c1-10-6-11(13(20)17-14(7-19)4-5-14)2-3-12(10)18-9-15-8-16-18/h2-3,6,8-9,19H,4-5,7H2,1H3,(H,17,20). The van der Waals surface area contributed by atoms with E-state index in [9.17, 15) is 9.90 Å². The van der Waals surface area contributed by atoms with E-state index in [0.29, 0.717) is 5.56 Å². The van der Waals surface area contributed by atoms with Crippen molar-refractivity contribution < 1.29 is 9.90 Å². The third-order valence-corrected chi connectivity index (χ3v) is 3.66. The average Bonchev–Trinajstić information content (AvgIpc) is 3.01. The molecule has 104 valence electrons. The van der Waals surface area contributed by atoms with Crippen LogP contribution in [-0.4, -0.2) is 37.9 Å². The fourth-order valence-electron chi connectivity index (χ4n) is 2.17. The van der Waals surface area contributed by atoms with Gasteiger partial charge in [-0.3, -0.25) is 4.79 Å². The van der Waals surface area contributed by atoms with Gasteiger partial charge in [0.25, 0.3) is 5.91 Å². The predicted molar refractivity (Wildman–Crippen MR) is 72.6 cm³/mol. The Morgan fingerprint density at radius 3 is 2.85 bits per heavy atom. The van der Waals surface area contributed by atoms with Crippen LogP contribution in [0.3, 0.4) is 0 Å². The molecule has 1 aromatic carbocycles. The molecule has 0 saturated heterocycles. The van der Waals surface area contributed by atoms with E-state index >= 15 is 0 Å². The summed E-state index contributed by atoms with van der Waals surface area (Å²) in [6.07, 6.45) is 4.77. The molecule has 0 atom stereocenters. The molecule has 1 aliphatic rings. The van der Waals surface area contributed by atoms with Crippen molar-refractivity contribution in [2.24, 2.45) is 0 Å². The van der Waals surface area contributed by atoms with Gasteiger partial charge < -0.3 is 10.4 Å². The van der Waals surface area contributed by atoms with Crippen molar-refractivity contribution in [2.45, 2.75) is 25.3 Å². The van der Waals surface area contributed by atoms with Gasteiger partial charge in [-0.1, -0.05) is 0 Å². The van der Waals surface area contributed by atoms with Crippen molar-refractivity contribution >= 4 is 5.91 Å². The molecule has 1 aromatic heterocycles. The second kappa shape index (κ2) is 4.72. The Morgan fingerprint density at radius 1 is 1.50 bits per heavy atom. The average molecular weight is 272 g/mol. The number of hydrogen-bond acceptors (Lipinski definition) is 4. The van der Waals surface area contributed by atoms with Gasteiger partial charge >= 0.3 is 0 Å². The van der Waals surface area contributed by atoms with E-state index in [4.69, 9.17) is 0 Å². The highest BCUT2D eigenvalue weighted by atomic mass is 16.3. The number of carbonyl (C=O) groups is 1. The van der Waals surface area contributed by atoms with Crippen LogP contribution in [0.1, 0.15) is 28.8 Å². The zero-order valence-electron chi connectivity index (χ0n) is 11.2. The van der Waals surface area contributed by atoms with Crippen LogP contribution in [0, 0.1) is 6.92 Å². The quantitative estimate of drug-likeness (QED) is 0.864. The van der Waals surface area contributed by atoms with Gasteiger partial charge in [0.05, 0.1) is 17.8 Å². The molecular formula is C14H16N4O2. The highest BCUT2D eigenvalue weighted by Gasteiger charge is 2.43. The second-order valence-electron chi connectivity index (χ2n) is 5.23. The Morgan fingerprint density at radius 2 is 2.30 bits per heavy atom. The predicted octanol–water partition coefficient (Wildman–Crippen LogP) is 0.830. The number of aryl methyl sites for hydroxylation is 1. The lowest BCUT2D eigenvalue weighted by molar-refractivity contribution is 0.0906. The fourth-order valence-corrected chi connectivity index (χ4v) is 2.17. The number of hydrogen-bond donors (Lipinski definition) is 2. The molecule has 1 amide bonds. The first kappa shape index (κ1) is 12.8. The van der Waals surface area contributed by atoms with Crippen LogP contribution in [0.5, 0.6) is 0 Å². The Labute approximate surface area is 116 Å². The van der Waals surface area contributed by atoms with Gasteiger partial charge in [-0.2, -0.15) is 5.10 Å². The molecule has 0 spiro atoms. The monoisotopic (exact) mass is 272 g/mol. The smallest absolute Gasteiger partial charge is 0.251 e. The second-order valence-corrected chi connectivity index (χ2v) is 5.23. The number of benzene rings is 1. The molecule has 6 heteroatoms. The van der Waals surface area contributed by atoms with E-state index in [1.54, 1.807) is 17.1 Å². The normalized spacial score (nSPS) is 15.9. The molecule has 6 nitrogen and oxygen atoms in total. The summed E-state index contributed by atoms with van der Waals surface area (Å²) in [7, 11) is 0. The van der Waals surface area contributed by atoms with Crippen molar-refractivity contribution in [3.8, 4) is 5.69 Å². The summed E-state index contributed by atoms with van der Waals surface area (Å²) in [5.74, 6) is -0.148. The molecule has 20 heavy (non-hydrogen) atoms. The summed E-state index contributed by atoms with van der Waals surface area (Å²) in [4.78, 5) is 16.1. The Bertz CT molecular complexity index is 633. The van der Waals surface area contributed by atoms with Crippen LogP contribution in [0.4, 0.5) is 0 Å². The first-order valence-corrected chi connectivity index (χ1v) is 6.53. The van der Waals surface area contributed by atoms with Gasteiger partial charge in [-0.15, -0.1) is 0 Å². The zero-order chi connectivity index (χ0) is 14.2. The van der Waals surface area contributed by atoms with E-state index < -0.39 is 5.54 Å². The van der Waals surface area contributed by atoms with Crippen molar-refractivity contribution in [1.29, 1.82) is 0 Å². The highest BCUT2D eigenvalue weighted by Crippen LogP contribution is 2.34. The fraction of sp³-hybridized carbons (Fsp3) is 0.357. The number of amides is 1. The number of nitrogens with one attached hydrogen (secondary N) is 1. The van der Waals surface area contributed by atoms with E-state index in [2.05, 4.69) is 15.4 Å². The number of aliphatic hydroxyl groups excluding tert-OH is 1. The van der Waals surface area contributed by atoms with Gasteiger partial charge in [0, 0.05) is 5.56 Å². The van der Waals surface area contributed by atoms with Crippen LogP contribution < -0.4 is 5.32 Å². The Balaban J connectivity index is 1.82. The zero-order valence-corrected chi connectivity index (χ0v) is 11.2. The SMILES string of the molecule is Cc1cc(C(=O)NC2(CO)CC2)ccc1-n1cncn1. The van der Waals surface area contributed by atoms with Crippen LogP contribution in [0.25, 0.3) is 5.69 Å². The molecule has 0 unspecified atom stereocenters. The molecule has 1 aliphatic carbocycles. The van der Waals surface area contributed by atoms with E-state index in [0.717, 1.165) is 24.1 Å². The van der Waals surface area contributed by atoms with Gasteiger partial charge in [0.2, 0.25) is 0 Å². The first-order valence-electron chi connectivity index (χ1n) is 6.53. The molecule has 2 aromatic rings. The van der Waals surface area contributed by atoms with Gasteiger partial charge in [-0.25, -0.2) is 9.67 Å². The number of aromatic nitrogens is 3. The van der Waals surface area contributed by atoms with Gasteiger partial charge in [-0.05, 0) is 43.5 Å². The molecule has 1 fully saturated rings.